The monoisotopic (exact) mass is 431 g/mol. The maximum Gasteiger partial charge on any atom is 0.238 e. The minimum atomic E-state index is -0.0334. The highest BCUT2D eigenvalue weighted by atomic mass is 35.5. The van der Waals surface area contributed by atoms with Crippen LogP contribution in [0.15, 0.2) is 42.5 Å². The summed E-state index contributed by atoms with van der Waals surface area (Å²) in [6.07, 6.45) is 7.55. The number of hydrogen-bond acceptors (Lipinski definition) is 3. The largest absolute Gasteiger partial charge is 0.494 e. The summed E-state index contributed by atoms with van der Waals surface area (Å²) in [5.74, 6) is 1.48. The second-order valence-corrected chi connectivity index (χ2v) is 9.02. The first-order chi connectivity index (χ1) is 14.1. The first kappa shape index (κ1) is 22.0. The molecule has 1 saturated heterocycles. The molecule has 2 aromatic rings. The van der Waals surface area contributed by atoms with Gasteiger partial charge in [-0.3, -0.25) is 9.69 Å². The fourth-order valence-electron chi connectivity index (χ4n) is 3.48. The van der Waals surface area contributed by atoms with E-state index in [9.17, 15) is 4.79 Å². The molecule has 0 aromatic heterocycles. The number of hydrogen-bond donors (Lipinski definition) is 0. The number of unbranched alkanes of at least 4 members (excludes halogenated alkanes) is 5. The van der Waals surface area contributed by atoms with Crippen molar-refractivity contribution in [3.05, 3.63) is 58.6 Å². The quantitative estimate of drug-likeness (QED) is 0.373. The molecule has 1 unspecified atom stereocenters. The molecule has 1 aliphatic heterocycles. The van der Waals surface area contributed by atoms with Gasteiger partial charge in [-0.15, -0.1) is 11.8 Å². The van der Waals surface area contributed by atoms with Crippen LogP contribution in [0.2, 0.25) is 5.02 Å². The Balaban J connectivity index is 1.58. The van der Waals surface area contributed by atoms with E-state index >= 15 is 0 Å². The lowest BCUT2D eigenvalue weighted by atomic mass is 10.1. The molecular formula is C24H30ClNO2S. The molecule has 0 radical (unpaired) electrons. The SMILES string of the molecule is CCCCCCCCOc1ccc(C2SCC(=O)N2c2ccc(C)c(Cl)c2)cc1. The van der Waals surface area contributed by atoms with Crippen LogP contribution in [0.1, 0.15) is 61.9 Å². The summed E-state index contributed by atoms with van der Waals surface area (Å²) in [4.78, 5) is 14.4. The van der Waals surface area contributed by atoms with Gasteiger partial charge in [0.1, 0.15) is 11.1 Å². The van der Waals surface area contributed by atoms with Gasteiger partial charge in [0.25, 0.3) is 0 Å². The zero-order valence-corrected chi connectivity index (χ0v) is 18.9. The standard InChI is InChI=1S/C24H30ClNO2S/c1-3-4-5-6-7-8-15-28-21-13-10-19(11-14-21)24-26(23(27)17-29-24)20-12-9-18(2)22(25)16-20/h9-14,16,24H,3-8,15,17H2,1-2H3. The molecular weight excluding hydrogens is 402 g/mol. The molecule has 1 atom stereocenters. The Morgan fingerprint density at radius 2 is 1.79 bits per heavy atom. The Morgan fingerprint density at radius 3 is 2.52 bits per heavy atom. The number of rotatable bonds is 10. The van der Waals surface area contributed by atoms with Crippen LogP contribution in [0.25, 0.3) is 0 Å². The molecule has 0 N–H and O–H groups in total. The van der Waals surface area contributed by atoms with Gasteiger partial charge in [-0.25, -0.2) is 0 Å². The Morgan fingerprint density at radius 1 is 1.07 bits per heavy atom. The third-order valence-electron chi connectivity index (χ3n) is 5.23. The number of amides is 1. The number of thioether (sulfide) groups is 1. The average molecular weight is 432 g/mol. The molecule has 29 heavy (non-hydrogen) atoms. The molecule has 5 heteroatoms. The lowest BCUT2D eigenvalue weighted by Crippen LogP contribution is -2.27. The molecule has 1 heterocycles. The van der Waals surface area contributed by atoms with E-state index in [0.717, 1.165) is 35.6 Å². The first-order valence-corrected chi connectivity index (χ1v) is 12.0. The number of nitrogens with zero attached hydrogens (tertiary/aromatic N) is 1. The smallest absolute Gasteiger partial charge is 0.238 e. The number of halogens is 1. The predicted octanol–water partition coefficient (Wildman–Crippen LogP) is 7.17. The van der Waals surface area contributed by atoms with Crippen molar-refractivity contribution in [1.82, 2.24) is 0 Å². The second-order valence-electron chi connectivity index (χ2n) is 7.55. The summed E-state index contributed by atoms with van der Waals surface area (Å²) in [7, 11) is 0. The molecule has 1 fully saturated rings. The van der Waals surface area contributed by atoms with Crippen molar-refractivity contribution < 1.29 is 9.53 Å². The van der Waals surface area contributed by atoms with Gasteiger partial charge in [0.05, 0.1) is 12.4 Å². The van der Waals surface area contributed by atoms with E-state index in [-0.39, 0.29) is 11.3 Å². The molecule has 0 aliphatic carbocycles. The van der Waals surface area contributed by atoms with Crippen molar-refractivity contribution in [3.63, 3.8) is 0 Å². The molecule has 0 saturated carbocycles. The van der Waals surface area contributed by atoms with Crippen molar-refractivity contribution in [1.29, 1.82) is 0 Å². The Labute approximate surface area is 183 Å². The molecule has 1 aliphatic rings. The highest BCUT2D eigenvalue weighted by Crippen LogP contribution is 2.42. The summed E-state index contributed by atoms with van der Waals surface area (Å²) in [5, 5.41) is 0.651. The van der Waals surface area contributed by atoms with Crippen LogP contribution in [0.3, 0.4) is 0 Å². The summed E-state index contributed by atoms with van der Waals surface area (Å²) in [6, 6.07) is 14.0. The van der Waals surface area contributed by atoms with E-state index in [1.54, 1.807) is 11.8 Å². The third kappa shape index (κ3) is 5.93. The molecule has 0 bridgehead atoms. The van der Waals surface area contributed by atoms with Crippen LogP contribution in [0, 0.1) is 6.92 Å². The van der Waals surface area contributed by atoms with E-state index in [1.165, 1.54) is 32.1 Å². The van der Waals surface area contributed by atoms with E-state index in [0.29, 0.717) is 10.8 Å². The lowest BCUT2D eigenvalue weighted by molar-refractivity contribution is -0.115. The van der Waals surface area contributed by atoms with Crippen molar-refractivity contribution >= 4 is 35.0 Å². The number of aryl methyl sites for hydroxylation is 1. The van der Waals surface area contributed by atoms with Crippen LogP contribution in [0.4, 0.5) is 5.69 Å². The van der Waals surface area contributed by atoms with Gasteiger partial charge in [-0.2, -0.15) is 0 Å². The van der Waals surface area contributed by atoms with Crippen molar-refractivity contribution in [2.24, 2.45) is 0 Å². The number of benzene rings is 2. The lowest BCUT2D eigenvalue weighted by Gasteiger charge is -2.25. The van der Waals surface area contributed by atoms with Crippen LogP contribution < -0.4 is 9.64 Å². The van der Waals surface area contributed by atoms with Crippen LogP contribution in [0.5, 0.6) is 5.75 Å². The Hall–Kier alpha value is -1.65. The average Bonchev–Trinajstić information content (AvgIpc) is 3.11. The van der Waals surface area contributed by atoms with Gasteiger partial charge in [-0.05, 0) is 48.7 Å². The maximum atomic E-state index is 12.5. The van der Waals surface area contributed by atoms with E-state index < -0.39 is 0 Å². The van der Waals surface area contributed by atoms with Crippen LogP contribution >= 0.6 is 23.4 Å². The predicted molar refractivity (Wildman–Crippen MR) is 124 cm³/mol. The van der Waals surface area contributed by atoms with Gasteiger partial charge in [0, 0.05) is 10.7 Å². The molecule has 3 nitrogen and oxygen atoms in total. The van der Waals surface area contributed by atoms with Gasteiger partial charge in [0.15, 0.2) is 0 Å². The van der Waals surface area contributed by atoms with Crippen molar-refractivity contribution in [2.45, 2.75) is 57.7 Å². The molecule has 1 amide bonds. The Bertz CT molecular complexity index is 809. The summed E-state index contributed by atoms with van der Waals surface area (Å²) < 4.78 is 5.89. The first-order valence-electron chi connectivity index (χ1n) is 10.5. The fraction of sp³-hybridized carbons (Fsp3) is 0.458. The molecule has 3 rings (SSSR count). The van der Waals surface area contributed by atoms with Gasteiger partial charge in [-0.1, -0.05) is 68.8 Å². The summed E-state index contributed by atoms with van der Waals surface area (Å²) in [6.45, 7) is 4.96. The number of ether oxygens (including phenoxy) is 1. The van der Waals surface area contributed by atoms with Crippen LogP contribution in [-0.4, -0.2) is 18.3 Å². The third-order valence-corrected chi connectivity index (χ3v) is 6.85. The minimum absolute atomic E-state index is 0.0334. The second kappa shape index (κ2) is 10.9. The molecule has 0 spiro atoms. The van der Waals surface area contributed by atoms with Gasteiger partial charge >= 0.3 is 0 Å². The number of anilines is 1. The molecule has 156 valence electrons. The highest BCUT2D eigenvalue weighted by Gasteiger charge is 2.34. The fourth-order valence-corrected chi connectivity index (χ4v) is 4.83. The van der Waals surface area contributed by atoms with Crippen molar-refractivity contribution in [2.75, 3.05) is 17.3 Å². The highest BCUT2D eigenvalue weighted by molar-refractivity contribution is 8.00. The summed E-state index contributed by atoms with van der Waals surface area (Å²) >= 11 is 7.93. The topological polar surface area (TPSA) is 29.5 Å². The van der Waals surface area contributed by atoms with Crippen LogP contribution in [-0.2, 0) is 4.79 Å². The van der Waals surface area contributed by atoms with E-state index in [4.69, 9.17) is 16.3 Å². The minimum Gasteiger partial charge on any atom is -0.494 e. The number of carbonyl (C=O) groups excluding carboxylic acids is 1. The van der Waals surface area contributed by atoms with Gasteiger partial charge in [0.2, 0.25) is 5.91 Å². The van der Waals surface area contributed by atoms with Gasteiger partial charge < -0.3 is 4.74 Å². The zero-order valence-electron chi connectivity index (χ0n) is 17.3. The molecule has 2 aromatic carbocycles. The summed E-state index contributed by atoms with van der Waals surface area (Å²) in [5.41, 5.74) is 2.96. The zero-order chi connectivity index (χ0) is 20.6. The normalized spacial score (nSPS) is 16.4. The van der Waals surface area contributed by atoms with E-state index in [2.05, 4.69) is 19.1 Å². The maximum absolute atomic E-state index is 12.5. The number of carbonyl (C=O) groups is 1. The van der Waals surface area contributed by atoms with E-state index in [1.807, 2.05) is 42.2 Å². The van der Waals surface area contributed by atoms with Crippen molar-refractivity contribution in [3.8, 4) is 5.75 Å². The Kier molecular flexibility index (Phi) is 8.31.